The van der Waals surface area contributed by atoms with E-state index in [2.05, 4.69) is 5.32 Å². The number of esters is 1. The molecule has 2 rings (SSSR count). The number of anilines is 1. The van der Waals surface area contributed by atoms with E-state index in [1.165, 1.54) is 24.0 Å². The van der Waals surface area contributed by atoms with E-state index in [0.29, 0.717) is 5.69 Å². The normalized spacial score (nSPS) is 10.2. The summed E-state index contributed by atoms with van der Waals surface area (Å²) in [6, 6.07) is 12.2. The van der Waals surface area contributed by atoms with Crippen molar-refractivity contribution in [1.29, 1.82) is 0 Å². The highest BCUT2D eigenvalue weighted by molar-refractivity contribution is 6.04. The van der Waals surface area contributed by atoms with Gasteiger partial charge in [-0.15, -0.1) is 0 Å². The van der Waals surface area contributed by atoms with Crippen molar-refractivity contribution in [1.82, 2.24) is 5.32 Å². The summed E-state index contributed by atoms with van der Waals surface area (Å²) in [5.74, 6) is -1.72. The lowest BCUT2D eigenvalue weighted by molar-refractivity contribution is -0.123. The number of carbonyl (C=O) groups is 3. The minimum Gasteiger partial charge on any atom is -0.462 e. The second kappa shape index (κ2) is 9.47. The highest BCUT2D eigenvalue weighted by atomic mass is 19.1. The first kappa shape index (κ1) is 20.1. The molecule has 0 bridgehead atoms. The molecule has 2 aromatic carbocycles. The maximum Gasteiger partial charge on any atom is 0.340 e. The first-order valence-corrected chi connectivity index (χ1v) is 8.47. The Balaban J connectivity index is 2.11. The van der Waals surface area contributed by atoms with Crippen molar-refractivity contribution in [2.45, 2.75) is 20.4 Å². The maximum atomic E-state index is 12.9. The van der Waals surface area contributed by atoms with Crippen molar-refractivity contribution >= 4 is 23.5 Å². The lowest BCUT2D eigenvalue weighted by Gasteiger charge is -2.23. The number of nitrogens with zero attached hydrogens (tertiary/aromatic N) is 1. The fraction of sp³-hybridized carbons (Fsp3) is 0.250. The molecule has 27 heavy (non-hydrogen) atoms. The van der Waals surface area contributed by atoms with Crippen LogP contribution >= 0.6 is 0 Å². The Kier molecular flexibility index (Phi) is 7.05. The molecule has 7 heteroatoms. The van der Waals surface area contributed by atoms with Crippen LogP contribution in [0.1, 0.15) is 29.8 Å². The van der Waals surface area contributed by atoms with Gasteiger partial charge in [0.25, 0.3) is 0 Å². The molecule has 0 fully saturated rings. The van der Waals surface area contributed by atoms with Gasteiger partial charge in [-0.3, -0.25) is 9.59 Å². The van der Waals surface area contributed by atoms with Crippen LogP contribution in [0.3, 0.4) is 0 Å². The van der Waals surface area contributed by atoms with Crippen molar-refractivity contribution < 1.29 is 23.5 Å². The molecule has 0 unspecified atom stereocenters. The zero-order valence-corrected chi connectivity index (χ0v) is 15.2. The summed E-state index contributed by atoms with van der Waals surface area (Å²) < 4.78 is 17.9. The summed E-state index contributed by atoms with van der Waals surface area (Å²) in [5.41, 5.74) is 1.24. The zero-order chi connectivity index (χ0) is 19.8. The van der Waals surface area contributed by atoms with Crippen LogP contribution in [-0.4, -0.2) is 30.9 Å². The van der Waals surface area contributed by atoms with E-state index < -0.39 is 11.9 Å². The lowest BCUT2D eigenvalue weighted by Crippen LogP contribution is -2.40. The van der Waals surface area contributed by atoms with Gasteiger partial charge in [0.15, 0.2) is 0 Å². The Morgan fingerprint density at radius 1 is 1.07 bits per heavy atom. The minimum atomic E-state index is -0.564. The summed E-state index contributed by atoms with van der Waals surface area (Å²) >= 11 is 0. The van der Waals surface area contributed by atoms with Crippen molar-refractivity contribution in [3.63, 3.8) is 0 Å². The number of carbonyl (C=O) groups excluding carboxylic acids is 3. The third-order valence-electron chi connectivity index (χ3n) is 3.77. The quantitative estimate of drug-likeness (QED) is 0.758. The number of benzene rings is 2. The lowest BCUT2D eigenvalue weighted by atomic mass is 10.1. The smallest absolute Gasteiger partial charge is 0.340 e. The largest absolute Gasteiger partial charge is 0.462 e. The van der Waals surface area contributed by atoms with Crippen LogP contribution in [0.25, 0.3) is 0 Å². The Morgan fingerprint density at radius 3 is 2.37 bits per heavy atom. The molecule has 0 aliphatic heterocycles. The molecule has 0 aliphatic rings. The molecule has 1 N–H and O–H groups in total. The minimum absolute atomic E-state index is 0.199. The van der Waals surface area contributed by atoms with Crippen LogP contribution < -0.4 is 10.2 Å². The van der Waals surface area contributed by atoms with Gasteiger partial charge in [0, 0.05) is 13.5 Å². The third kappa shape index (κ3) is 5.64. The number of ether oxygens (including phenoxy) is 1. The molecule has 0 saturated heterocycles. The predicted octanol–water partition coefficient (Wildman–Crippen LogP) is 2.67. The average Bonchev–Trinajstić information content (AvgIpc) is 2.65. The van der Waals surface area contributed by atoms with Crippen molar-refractivity contribution in [2.24, 2.45) is 0 Å². The van der Waals surface area contributed by atoms with Gasteiger partial charge in [-0.25, -0.2) is 9.18 Å². The highest BCUT2D eigenvalue weighted by Gasteiger charge is 2.22. The first-order chi connectivity index (χ1) is 12.9. The molecule has 0 saturated carbocycles. The molecule has 0 aromatic heterocycles. The number of amides is 2. The van der Waals surface area contributed by atoms with E-state index in [4.69, 9.17) is 4.74 Å². The maximum absolute atomic E-state index is 12.9. The van der Waals surface area contributed by atoms with Crippen LogP contribution in [0.5, 0.6) is 0 Å². The van der Waals surface area contributed by atoms with Gasteiger partial charge in [0.1, 0.15) is 12.4 Å². The van der Waals surface area contributed by atoms with E-state index in [9.17, 15) is 18.8 Å². The van der Waals surface area contributed by atoms with Gasteiger partial charge in [0.05, 0.1) is 17.9 Å². The molecule has 2 aromatic rings. The predicted molar refractivity (Wildman–Crippen MR) is 98.7 cm³/mol. The van der Waals surface area contributed by atoms with Crippen molar-refractivity contribution in [3.05, 3.63) is 65.5 Å². The third-order valence-corrected chi connectivity index (χ3v) is 3.77. The molecular formula is C20H21FN2O4. The summed E-state index contributed by atoms with van der Waals surface area (Å²) in [4.78, 5) is 37.7. The van der Waals surface area contributed by atoms with Crippen molar-refractivity contribution in [2.75, 3.05) is 18.1 Å². The zero-order valence-electron chi connectivity index (χ0n) is 15.2. The van der Waals surface area contributed by atoms with Gasteiger partial charge >= 0.3 is 5.97 Å². The van der Waals surface area contributed by atoms with E-state index in [0.717, 1.165) is 5.56 Å². The Hall–Kier alpha value is -3.22. The van der Waals surface area contributed by atoms with Crippen LogP contribution in [0.2, 0.25) is 0 Å². The second-order valence-corrected chi connectivity index (χ2v) is 5.75. The standard InChI is InChI=1S/C20H21FN2O4/c1-3-27-20(26)17-6-4-5-7-18(17)23(14(2)24)13-19(25)22-12-15-8-10-16(21)11-9-15/h4-11H,3,12-13H2,1-2H3,(H,22,25). The van der Waals surface area contributed by atoms with E-state index in [-0.39, 0.29) is 37.0 Å². The monoisotopic (exact) mass is 372 g/mol. The van der Waals surface area contributed by atoms with Crippen LogP contribution in [0, 0.1) is 5.82 Å². The topological polar surface area (TPSA) is 75.7 Å². The fourth-order valence-electron chi connectivity index (χ4n) is 2.46. The SMILES string of the molecule is CCOC(=O)c1ccccc1N(CC(=O)NCc1ccc(F)cc1)C(C)=O. The number of para-hydroxylation sites is 1. The summed E-state index contributed by atoms with van der Waals surface area (Å²) in [6.45, 7) is 3.14. The summed E-state index contributed by atoms with van der Waals surface area (Å²) in [7, 11) is 0. The number of halogens is 1. The molecular weight excluding hydrogens is 351 g/mol. The van der Waals surface area contributed by atoms with Crippen LogP contribution in [0.15, 0.2) is 48.5 Å². The second-order valence-electron chi connectivity index (χ2n) is 5.75. The molecule has 142 valence electrons. The first-order valence-electron chi connectivity index (χ1n) is 8.47. The molecule has 0 spiro atoms. The van der Waals surface area contributed by atoms with Crippen LogP contribution in [0.4, 0.5) is 10.1 Å². The number of nitrogens with one attached hydrogen (secondary N) is 1. The van der Waals surface area contributed by atoms with Gasteiger partial charge in [-0.05, 0) is 36.8 Å². The van der Waals surface area contributed by atoms with E-state index >= 15 is 0 Å². The molecule has 0 heterocycles. The van der Waals surface area contributed by atoms with E-state index in [1.54, 1.807) is 43.3 Å². The highest BCUT2D eigenvalue weighted by Crippen LogP contribution is 2.21. The van der Waals surface area contributed by atoms with Gasteiger partial charge < -0.3 is 15.0 Å². The Labute approximate surface area is 156 Å². The summed E-state index contributed by atoms with van der Waals surface area (Å²) in [6.07, 6.45) is 0. The number of hydrogen-bond acceptors (Lipinski definition) is 4. The van der Waals surface area contributed by atoms with E-state index in [1.807, 2.05) is 0 Å². The molecule has 0 atom stereocenters. The Bertz CT molecular complexity index is 821. The fourth-order valence-corrected chi connectivity index (χ4v) is 2.46. The van der Waals surface area contributed by atoms with Crippen molar-refractivity contribution in [3.8, 4) is 0 Å². The van der Waals surface area contributed by atoms with Gasteiger partial charge in [-0.1, -0.05) is 24.3 Å². The molecule has 2 amide bonds. The molecule has 6 nitrogen and oxygen atoms in total. The summed E-state index contributed by atoms with van der Waals surface area (Å²) in [5, 5.41) is 2.68. The Morgan fingerprint density at radius 2 is 1.74 bits per heavy atom. The molecule has 0 aliphatic carbocycles. The van der Waals surface area contributed by atoms with Crippen LogP contribution in [-0.2, 0) is 20.9 Å². The molecule has 0 radical (unpaired) electrons. The van der Waals surface area contributed by atoms with Gasteiger partial charge in [-0.2, -0.15) is 0 Å². The number of rotatable bonds is 7. The number of hydrogen-bond donors (Lipinski definition) is 1. The van der Waals surface area contributed by atoms with Gasteiger partial charge in [0.2, 0.25) is 11.8 Å². The average molecular weight is 372 g/mol.